The number of nitrogen functional groups attached to an aromatic ring is 1. The van der Waals surface area contributed by atoms with Crippen LogP contribution in [0.25, 0.3) is 0 Å². The molecule has 20 heavy (non-hydrogen) atoms. The molecule has 5 heteroatoms. The van der Waals surface area contributed by atoms with Crippen LogP contribution in [0.15, 0.2) is 18.2 Å². The van der Waals surface area contributed by atoms with Gasteiger partial charge < -0.3 is 16.2 Å². The van der Waals surface area contributed by atoms with E-state index in [0.29, 0.717) is 25.1 Å². The summed E-state index contributed by atoms with van der Waals surface area (Å²) in [4.78, 5) is 14.1. The molecular weight excluding hydrogens is 254 g/mol. The molecule has 0 unspecified atom stereocenters. The van der Waals surface area contributed by atoms with Gasteiger partial charge in [-0.2, -0.15) is 0 Å². The molecule has 110 valence electrons. The van der Waals surface area contributed by atoms with Crippen molar-refractivity contribution < 1.29 is 9.90 Å². The van der Waals surface area contributed by atoms with Gasteiger partial charge in [-0.25, -0.2) is 0 Å². The van der Waals surface area contributed by atoms with E-state index in [-0.39, 0.29) is 5.91 Å². The van der Waals surface area contributed by atoms with Crippen LogP contribution >= 0.6 is 0 Å². The third kappa shape index (κ3) is 3.71. The van der Waals surface area contributed by atoms with E-state index in [1.165, 1.54) is 0 Å². The molecule has 0 spiro atoms. The Morgan fingerprint density at radius 2 is 2.10 bits per heavy atom. The van der Waals surface area contributed by atoms with E-state index in [2.05, 4.69) is 10.2 Å². The minimum Gasteiger partial charge on any atom is -0.398 e. The number of aliphatic hydroxyl groups is 1. The van der Waals surface area contributed by atoms with Gasteiger partial charge in [-0.1, -0.05) is 6.07 Å². The van der Waals surface area contributed by atoms with Crippen LogP contribution in [0.3, 0.4) is 0 Å². The number of rotatable bonds is 3. The van der Waals surface area contributed by atoms with Crippen LogP contribution in [0.4, 0.5) is 11.4 Å². The van der Waals surface area contributed by atoms with E-state index in [0.717, 1.165) is 24.3 Å². The van der Waals surface area contributed by atoms with Crippen LogP contribution in [-0.4, -0.2) is 41.1 Å². The first-order valence-electron chi connectivity index (χ1n) is 6.97. The van der Waals surface area contributed by atoms with Gasteiger partial charge in [0.2, 0.25) is 5.91 Å². The van der Waals surface area contributed by atoms with Crippen molar-refractivity contribution >= 4 is 17.3 Å². The van der Waals surface area contributed by atoms with Gasteiger partial charge >= 0.3 is 0 Å². The lowest BCUT2D eigenvalue weighted by Gasteiger charge is -2.35. The Labute approximate surface area is 119 Å². The molecule has 1 aromatic rings. The normalized spacial score (nSPS) is 18.8. The Morgan fingerprint density at radius 3 is 2.75 bits per heavy atom. The SMILES string of the molecule is Cc1c(N)cccc1NC(=O)CN1CCC(C)(O)CC1. The maximum Gasteiger partial charge on any atom is 0.238 e. The van der Waals surface area contributed by atoms with E-state index in [4.69, 9.17) is 5.73 Å². The number of nitrogens with zero attached hydrogens (tertiary/aromatic N) is 1. The average Bonchev–Trinajstić information content (AvgIpc) is 2.38. The summed E-state index contributed by atoms with van der Waals surface area (Å²) in [5.74, 6) is -0.0414. The lowest BCUT2D eigenvalue weighted by Crippen LogP contribution is -2.45. The topological polar surface area (TPSA) is 78.6 Å². The summed E-state index contributed by atoms with van der Waals surface area (Å²) < 4.78 is 0. The molecule has 0 radical (unpaired) electrons. The summed E-state index contributed by atoms with van der Waals surface area (Å²) in [7, 11) is 0. The molecule has 0 aliphatic carbocycles. The number of hydrogen-bond donors (Lipinski definition) is 3. The molecule has 1 aliphatic heterocycles. The summed E-state index contributed by atoms with van der Waals surface area (Å²) in [6.07, 6.45) is 1.41. The van der Waals surface area contributed by atoms with Crippen LogP contribution in [0.1, 0.15) is 25.3 Å². The monoisotopic (exact) mass is 277 g/mol. The Kier molecular flexibility index (Phi) is 4.30. The molecule has 1 aromatic carbocycles. The number of piperidine rings is 1. The maximum absolute atomic E-state index is 12.0. The molecule has 4 N–H and O–H groups in total. The number of carbonyl (C=O) groups excluding carboxylic acids is 1. The van der Waals surface area contributed by atoms with Gasteiger partial charge in [0, 0.05) is 24.5 Å². The van der Waals surface area contributed by atoms with Crippen molar-refractivity contribution in [2.24, 2.45) is 0 Å². The fourth-order valence-electron chi connectivity index (χ4n) is 2.37. The highest BCUT2D eigenvalue weighted by Crippen LogP contribution is 2.22. The molecule has 1 saturated heterocycles. The van der Waals surface area contributed by atoms with E-state index in [1.807, 2.05) is 32.0 Å². The van der Waals surface area contributed by atoms with E-state index in [1.54, 1.807) is 0 Å². The van der Waals surface area contributed by atoms with Crippen LogP contribution in [-0.2, 0) is 4.79 Å². The summed E-state index contributed by atoms with van der Waals surface area (Å²) >= 11 is 0. The Hall–Kier alpha value is -1.59. The van der Waals surface area contributed by atoms with E-state index >= 15 is 0 Å². The second kappa shape index (κ2) is 5.81. The molecule has 0 aromatic heterocycles. The summed E-state index contributed by atoms with van der Waals surface area (Å²) in [6, 6.07) is 5.50. The fourth-order valence-corrected chi connectivity index (χ4v) is 2.37. The van der Waals surface area contributed by atoms with E-state index in [9.17, 15) is 9.90 Å². The predicted molar refractivity (Wildman–Crippen MR) is 80.5 cm³/mol. The predicted octanol–water partition coefficient (Wildman–Crippen LogP) is 1.36. The number of anilines is 2. The fraction of sp³-hybridized carbons (Fsp3) is 0.533. The number of hydrogen-bond acceptors (Lipinski definition) is 4. The van der Waals surface area contributed by atoms with E-state index < -0.39 is 5.60 Å². The first kappa shape index (κ1) is 14.8. The Balaban J connectivity index is 1.89. The zero-order valence-electron chi connectivity index (χ0n) is 12.1. The van der Waals surface area contributed by atoms with Gasteiger partial charge in [0.25, 0.3) is 0 Å². The van der Waals surface area contributed by atoms with Crippen molar-refractivity contribution in [2.45, 2.75) is 32.3 Å². The molecule has 1 aliphatic rings. The van der Waals surface area contributed by atoms with Crippen LogP contribution in [0.5, 0.6) is 0 Å². The summed E-state index contributed by atoms with van der Waals surface area (Å²) in [6.45, 7) is 5.58. The van der Waals surface area contributed by atoms with Crippen molar-refractivity contribution in [1.29, 1.82) is 0 Å². The number of nitrogens with one attached hydrogen (secondary N) is 1. The molecule has 0 atom stereocenters. The van der Waals surface area contributed by atoms with Gasteiger partial charge in [0.1, 0.15) is 0 Å². The molecule has 1 amide bonds. The number of benzene rings is 1. The van der Waals surface area contributed by atoms with Crippen molar-refractivity contribution in [2.75, 3.05) is 30.7 Å². The Morgan fingerprint density at radius 1 is 1.45 bits per heavy atom. The number of amides is 1. The van der Waals surface area contributed by atoms with Crippen molar-refractivity contribution in [3.63, 3.8) is 0 Å². The summed E-state index contributed by atoms with van der Waals surface area (Å²) in [5.41, 5.74) is 7.57. The smallest absolute Gasteiger partial charge is 0.238 e. The first-order valence-corrected chi connectivity index (χ1v) is 6.97. The van der Waals surface area contributed by atoms with Gasteiger partial charge in [-0.15, -0.1) is 0 Å². The molecule has 2 rings (SSSR count). The lowest BCUT2D eigenvalue weighted by atomic mass is 9.94. The van der Waals surface area contributed by atoms with Crippen LogP contribution < -0.4 is 11.1 Å². The zero-order chi connectivity index (χ0) is 14.8. The molecular formula is C15H23N3O2. The van der Waals surface area contributed by atoms with Gasteiger partial charge in [0.05, 0.1) is 12.1 Å². The molecule has 1 heterocycles. The van der Waals surface area contributed by atoms with Crippen molar-refractivity contribution in [3.05, 3.63) is 23.8 Å². The number of likely N-dealkylation sites (tertiary alicyclic amines) is 1. The third-order valence-corrected chi connectivity index (χ3v) is 3.95. The molecule has 0 saturated carbocycles. The largest absolute Gasteiger partial charge is 0.398 e. The minimum absolute atomic E-state index is 0.0414. The number of nitrogens with two attached hydrogens (primary N) is 1. The van der Waals surface area contributed by atoms with Crippen molar-refractivity contribution in [3.8, 4) is 0 Å². The minimum atomic E-state index is -0.586. The van der Waals surface area contributed by atoms with Crippen LogP contribution in [0, 0.1) is 6.92 Å². The maximum atomic E-state index is 12.0. The van der Waals surface area contributed by atoms with Gasteiger partial charge in [-0.3, -0.25) is 9.69 Å². The third-order valence-electron chi connectivity index (χ3n) is 3.95. The molecule has 0 bridgehead atoms. The summed E-state index contributed by atoms with van der Waals surface area (Å²) in [5, 5.41) is 12.8. The molecule has 1 fully saturated rings. The van der Waals surface area contributed by atoms with Crippen LogP contribution in [0.2, 0.25) is 0 Å². The Bertz CT molecular complexity index is 490. The average molecular weight is 277 g/mol. The van der Waals surface area contributed by atoms with Gasteiger partial charge in [-0.05, 0) is 44.4 Å². The zero-order valence-corrected chi connectivity index (χ0v) is 12.1. The highest BCUT2D eigenvalue weighted by Gasteiger charge is 2.28. The highest BCUT2D eigenvalue weighted by molar-refractivity contribution is 5.93. The highest BCUT2D eigenvalue weighted by atomic mass is 16.3. The number of carbonyl (C=O) groups is 1. The quantitative estimate of drug-likeness (QED) is 0.729. The van der Waals surface area contributed by atoms with Gasteiger partial charge in [0.15, 0.2) is 0 Å². The lowest BCUT2D eigenvalue weighted by molar-refractivity contribution is -0.118. The van der Waals surface area contributed by atoms with Crippen molar-refractivity contribution in [1.82, 2.24) is 4.90 Å². The molecule has 5 nitrogen and oxygen atoms in total. The standard InChI is InChI=1S/C15H23N3O2/c1-11-12(16)4-3-5-13(11)17-14(19)10-18-8-6-15(2,20)7-9-18/h3-5,20H,6-10,16H2,1-2H3,(H,17,19). The second-order valence-electron chi connectivity index (χ2n) is 5.84. The first-order chi connectivity index (χ1) is 9.37. The second-order valence-corrected chi connectivity index (χ2v) is 5.84.